The van der Waals surface area contributed by atoms with Crippen LogP contribution in [-0.4, -0.2) is 57.4 Å². The van der Waals surface area contributed by atoms with Crippen molar-refractivity contribution in [1.29, 1.82) is 0 Å². The maximum absolute atomic E-state index is 13.5. The van der Waals surface area contributed by atoms with Crippen molar-refractivity contribution in [2.45, 2.75) is 13.5 Å². The third-order valence-electron chi connectivity index (χ3n) is 5.07. The van der Waals surface area contributed by atoms with Crippen LogP contribution in [0.4, 0.5) is 10.2 Å². The normalized spacial score (nSPS) is 13.8. The zero-order valence-electron chi connectivity index (χ0n) is 17.1. The Morgan fingerprint density at radius 3 is 2.55 bits per heavy atom. The number of carbonyl (C=O) groups is 2. The van der Waals surface area contributed by atoms with Crippen LogP contribution in [0.2, 0.25) is 0 Å². The van der Waals surface area contributed by atoms with Gasteiger partial charge in [0.05, 0.1) is 17.7 Å². The quantitative estimate of drug-likeness (QED) is 0.657. The van der Waals surface area contributed by atoms with Crippen molar-refractivity contribution in [2.75, 3.05) is 31.5 Å². The molecule has 0 spiro atoms. The molecule has 1 saturated heterocycles. The van der Waals surface area contributed by atoms with Crippen LogP contribution < -0.4 is 10.6 Å². The molecule has 4 rings (SSSR count). The van der Waals surface area contributed by atoms with Gasteiger partial charge in [-0.2, -0.15) is 0 Å². The van der Waals surface area contributed by atoms with Crippen molar-refractivity contribution in [3.8, 4) is 22.5 Å². The highest BCUT2D eigenvalue weighted by molar-refractivity contribution is 5.89. The average Bonchev–Trinajstić information content (AvgIpc) is 3.18. The summed E-state index contributed by atoms with van der Waals surface area (Å²) in [5.74, 6) is -0.167. The van der Waals surface area contributed by atoms with Gasteiger partial charge in [-0.1, -0.05) is 0 Å². The molecule has 31 heavy (non-hydrogen) atoms. The van der Waals surface area contributed by atoms with Crippen LogP contribution in [0.3, 0.4) is 0 Å². The van der Waals surface area contributed by atoms with Gasteiger partial charge in [-0.15, -0.1) is 0 Å². The second-order valence-corrected chi connectivity index (χ2v) is 7.32. The third-order valence-corrected chi connectivity index (χ3v) is 5.07. The number of carbonyl (C=O) groups excluding carboxylic acids is 2. The predicted octanol–water partition coefficient (Wildman–Crippen LogP) is 2.14. The lowest BCUT2D eigenvalue weighted by atomic mass is 10.1. The van der Waals surface area contributed by atoms with Gasteiger partial charge < -0.3 is 20.1 Å². The molecule has 1 aromatic carbocycles. The number of imidazole rings is 1. The summed E-state index contributed by atoms with van der Waals surface area (Å²) in [7, 11) is 0. The van der Waals surface area contributed by atoms with Crippen molar-refractivity contribution in [2.24, 2.45) is 0 Å². The number of nitrogens with one attached hydrogen (secondary N) is 2. The predicted molar refractivity (Wildman–Crippen MR) is 115 cm³/mol. The zero-order valence-corrected chi connectivity index (χ0v) is 17.1. The molecule has 3 aromatic rings. The molecule has 1 fully saturated rings. The Labute approximate surface area is 179 Å². The maximum Gasteiger partial charge on any atom is 0.242 e. The number of nitrogens with zero attached hydrogens (tertiary/aromatic N) is 4. The van der Waals surface area contributed by atoms with E-state index in [2.05, 4.69) is 20.6 Å². The van der Waals surface area contributed by atoms with Crippen molar-refractivity contribution < 1.29 is 14.0 Å². The first kappa shape index (κ1) is 20.7. The molecule has 1 aliphatic heterocycles. The van der Waals surface area contributed by atoms with Crippen molar-refractivity contribution in [1.82, 2.24) is 24.8 Å². The van der Waals surface area contributed by atoms with Crippen LogP contribution in [-0.2, 0) is 16.1 Å². The minimum atomic E-state index is -0.338. The summed E-state index contributed by atoms with van der Waals surface area (Å²) in [6.07, 6.45) is 3.21. The highest BCUT2D eigenvalue weighted by Crippen LogP contribution is 2.32. The number of hydrogen-bond donors (Lipinski definition) is 2. The minimum Gasteiger partial charge on any atom is -0.339 e. The smallest absolute Gasteiger partial charge is 0.242 e. The number of pyridine rings is 1. The summed E-state index contributed by atoms with van der Waals surface area (Å²) in [6.45, 7) is 4.41. The van der Waals surface area contributed by atoms with Gasteiger partial charge in [0.1, 0.15) is 18.2 Å². The van der Waals surface area contributed by atoms with Crippen LogP contribution in [0.5, 0.6) is 0 Å². The van der Waals surface area contributed by atoms with E-state index in [4.69, 9.17) is 0 Å². The summed E-state index contributed by atoms with van der Waals surface area (Å²) >= 11 is 0. The Bertz CT molecular complexity index is 1090. The standard InChI is InChI=1S/C22H23FN6O2/c1-15(30)27-19-12-17(6-7-25-19)22-21(16-2-4-18(23)5-3-16)26-14-29(22)13-20(31)28-10-8-24-9-11-28/h2-7,12,14,24H,8-11,13H2,1H3,(H,25,27,30). The lowest BCUT2D eigenvalue weighted by molar-refractivity contribution is -0.132. The summed E-state index contributed by atoms with van der Waals surface area (Å²) in [5, 5.41) is 5.91. The van der Waals surface area contributed by atoms with Crippen LogP contribution in [0.1, 0.15) is 6.92 Å². The summed E-state index contributed by atoms with van der Waals surface area (Å²) in [5.41, 5.74) is 2.78. The van der Waals surface area contributed by atoms with E-state index < -0.39 is 0 Å². The molecule has 160 valence electrons. The molecule has 8 nitrogen and oxygen atoms in total. The highest BCUT2D eigenvalue weighted by Gasteiger charge is 2.21. The molecular weight excluding hydrogens is 399 g/mol. The van der Waals surface area contributed by atoms with Crippen LogP contribution >= 0.6 is 0 Å². The Balaban J connectivity index is 1.74. The molecule has 2 aromatic heterocycles. The molecule has 3 heterocycles. The molecule has 0 saturated carbocycles. The molecule has 1 aliphatic rings. The highest BCUT2D eigenvalue weighted by atomic mass is 19.1. The summed E-state index contributed by atoms with van der Waals surface area (Å²) < 4.78 is 15.2. The molecule has 0 bridgehead atoms. The van der Waals surface area contributed by atoms with E-state index in [1.807, 2.05) is 4.90 Å². The van der Waals surface area contributed by atoms with E-state index in [1.165, 1.54) is 19.1 Å². The van der Waals surface area contributed by atoms with Gasteiger partial charge in [0.2, 0.25) is 11.8 Å². The number of halogens is 1. The summed E-state index contributed by atoms with van der Waals surface area (Å²) in [6, 6.07) is 9.58. The molecule has 0 radical (unpaired) electrons. The fourth-order valence-corrected chi connectivity index (χ4v) is 3.61. The first-order valence-corrected chi connectivity index (χ1v) is 10.0. The number of piperazine rings is 1. The number of amides is 2. The van der Waals surface area contributed by atoms with Crippen molar-refractivity contribution >= 4 is 17.6 Å². The fraction of sp³-hybridized carbons (Fsp3) is 0.273. The molecule has 0 aliphatic carbocycles. The number of rotatable bonds is 5. The Kier molecular flexibility index (Phi) is 6.03. The van der Waals surface area contributed by atoms with E-state index in [0.717, 1.165) is 24.2 Å². The molecule has 0 unspecified atom stereocenters. The van der Waals surface area contributed by atoms with Gasteiger partial charge in [0.15, 0.2) is 0 Å². The van der Waals surface area contributed by atoms with E-state index in [-0.39, 0.29) is 24.2 Å². The molecule has 9 heteroatoms. The van der Waals surface area contributed by atoms with Gasteiger partial charge in [-0.3, -0.25) is 9.59 Å². The minimum absolute atomic E-state index is 0.00180. The SMILES string of the molecule is CC(=O)Nc1cc(-c2c(-c3ccc(F)cc3)ncn2CC(=O)N2CCNCC2)ccn1. The first-order chi connectivity index (χ1) is 15.0. The van der Waals surface area contributed by atoms with Crippen LogP contribution in [0, 0.1) is 5.82 Å². The fourth-order valence-electron chi connectivity index (χ4n) is 3.61. The van der Waals surface area contributed by atoms with E-state index in [0.29, 0.717) is 30.3 Å². The number of anilines is 1. The van der Waals surface area contributed by atoms with E-state index >= 15 is 0 Å². The van der Waals surface area contributed by atoms with E-state index in [9.17, 15) is 14.0 Å². The first-order valence-electron chi connectivity index (χ1n) is 10.0. The van der Waals surface area contributed by atoms with Gasteiger partial charge >= 0.3 is 0 Å². The molecule has 2 amide bonds. The summed E-state index contributed by atoms with van der Waals surface area (Å²) in [4.78, 5) is 34.9. The molecule has 0 atom stereocenters. The zero-order chi connectivity index (χ0) is 21.8. The molecule has 2 N–H and O–H groups in total. The Morgan fingerprint density at radius 2 is 1.84 bits per heavy atom. The second-order valence-electron chi connectivity index (χ2n) is 7.32. The van der Waals surface area contributed by atoms with Gasteiger partial charge in [-0.05, 0) is 36.4 Å². The Hall–Kier alpha value is -3.59. The van der Waals surface area contributed by atoms with Crippen LogP contribution in [0.15, 0.2) is 48.9 Å². The molecular formula is C22H23FN6O2. The lowest BCUT2D eigenvalue weighted by Gasteiger charge is -2.27. The van der Waals surface area contributed by atoms with Gasteiger partial charge in [0, 0.05) is 50.4 Å². The number of aromatic nitrogens is 3. The third kappa shape index (κ3) is 4.77. The van der Waals surface area contributed by atoms with Gasteiger partial charge in [0.25, 0.3) is 0 Å². The Morgan fingerprint density at radius 1 is 1.10 bits per heavy atom. The van der Waals surface area contributed by atoms with Gasteiger partial charge in [-0.25, -0.2) is 14.4 Å². The number of benzene rings is 1. The topological polar surface area (TPSA) is 92.2 Å². The largest absolute Gasteiger partial charge is 0.339 e. The van der Waals surface area contributed by atoms with E-state index in [1.54, 1.807) is 41.4 Å². The lowest BCUT2D eigenvalue weighted by Crippen LogP contribution is -2.47. The average molecular weight is 422 g/mol. The monoisotopic (exact) mass is 422 g/mol. The van der Waals surface area contributed by atoms with Crippen molar-refractivity contribution in [3.05, 3.63) is 54.7 Å². The van der Waals surface area contributed by atoms with Crippen molar-refractivity contribution in [3.63, 3.8) is 0 Å². The second kappa shape index (κ2) is 9.05. The maximum atomic E-state index is 13.5. The van der Waals surface area contributed by atoms with Crippen LogP contribution in [0.25, 0.3) is 22.5 Å². The number of hydrogen-bond acceptors (Lipinski definition) is 5.